The maximum Gasteiger partial charge on any atom is 0.332 e. The van der Waals surface area contributed by atoms with E-state index in [2.05, 4.69) is 5.32 Å². The molecule has 1 N–H and O–H groups in total. The summed E-state index contributed by atoms with van der Waals surface area (Å²) in [5, 5.41) is 3.06. The fourth-order valence-corrected chi connectivity index (χ4v) is 5.59. The zero-order valence-corrected chi connectivity index (χ0v) is 18.3. The second-order valence-corrected chi connectivity index (χ2v) is 9.31. The number of thiophene rings is 1. The highest BCUT2D eigenvalue weighted by molar-refractivity contribution is 7.18. The summed E-state index contributed by atoms with van der Waals surface area (Å²) in [4.78, 5) is 53.6. The van der Waals surface area contributed by atoms with Crippen LogP contribution in [0.4, 0.5) is 0 Å². The van der Waals surface area contributed by atoms with Crippen molar-refractivity contribution in [1.29, 1.82) is 0 Å². The number of carbonyl (C=O) groups excluding carboxylic acids is 2. The summed E-state index contributed by atoms with van der Waals surface area (Å²) >= 11 is 1.34. The van der Waals surface area contributed by atoms with Crippen LogP contribution in [-0.4, -0.2) is 52.7 Å². The molecule has 2 aliphatic rings. The van der Waals surface area contributed by atoms with Crippen LogP contribution in [0.1, 0.15) is 36.6 Å². The summed E-state index contributed by atoms with van der Waals surface area (Å²) in [5.74, 6) is -1.19. The Labute approximate surface area is 177 Å². The van der Waals surface area contributed by atoms with Gasteiger partial charge in [-0.3, -0.25) is 23.5 Å². The van der Waals surface area contributed by atoms with Gasteiger partial charge < -0.3 is 15.0 Å². The van der Waals surface area contributed by atoms with Gasteiger partial charge in [-0.05, 0) is 38.7 Å². The lowest BCUT2D eigenvalue weighted by Crippen LogP contribution is -2.53. The molecule has 10 heteroatoms. The topological polar surface area (TPSA) is 103 Å². The third-order valence-corrected chi connectivity index (χ3v) is 7.58. The third-order valence-electron chi connectivity index (χ3n) is 6.28. The lowest BCUT2D eigenvalue weighted by molar-refractivity contribution is -0.148. The van der Waals surface area contributed by atoms with Gasteiger partial charge in [-0.25, -0.2) is 4.79 Å². The molecule has 0 radical (unpaired) electrons. The molecule has 0 bridgehead atoms. The molecular weight excluding hydrogens is 408 g/mol. The maximum atomic E-state index is 13.4. The second kappa shape index (κ2) is 7.66. The molecule has 1 aliphatic carbocycles. The van der Waals surface area contributed by atoms with Crippen LogP contribution in [0.2, 0.25) is 0 Å². The van der Waals surface area contributed by atoms with Gasteiger partial charge in [-0.1, -0.05) is 0 Å². The van der Waals surface area contributed by atoms with E-state index in [0.29, 0.717) is 36.5 Å². The molecule has 4 rings (SSSR count). The minimum Gasteiger partial charge on any atom is -0.383 e. The van der Waals surface area contributed by atoms with E-state index in [4.69, 9.17) is 4.74 Å². The molecule has 0 spiro atoms. The first-order valence-electron chi connectivity index (χ1n) is 10.1. The van der Waals surface area contributed by atoms with E-state index in [0.717, 1.165) is 29.7 Å². The summed E-state index contributed by atoms with van der Waals surface area (Å²) < 4.78 is 8.23. The monoisotopic (exact) mass is 434 g/mol. The van der Waals surface area contributed by atoms with Gasteiger partial charge in [0.25, 0.3) is 5.56 Å². The normalized spacial score (nSPS) is 18.6. The molecule has 3 heterocycles. The first-order chi connectivity index (χ1) is 14.3. The minimum atomic E-state index is -0.614. The van der Waals surface area contributed by atoms with Gasteiger partial charge in [-0.2, -0.15) is 0 Å². The molecule has 0 atom stereocenters. The molecule has 2 aromatic heterocycles. The van der Waals surface area contributed by atoms with Gasteiger partial charge in [0.2, 0.25) is 0 Å². The number of nitrogens with zero attached hydrogens (tertiary/aromatic N) is 3. The number of amides is 2. The molecule has 2 aromatic rings. The summed E-state index contributed by atoms with van der Waals surface area (Å²) in [7, 11) is 1.57. The standard InChI is InChI=1S/C20H26N4O5S/c1-12-13(11-22-8-7-21-15(25)17(22)27)30-18-14(12)16(26)24(20(2)5-4-6-20)19(28)23(18)9-10-29-3/h4-11H2,1-3H3,(H,21,25). The van der Waals surface area contributed by atoms with Crippen LogP contribution in [-0.2, 0) is 33.0 Å². The number of carbonyl (C=O) groups is 2. The summed E-state index contributed by atoms with van der Waals surface area (Å²) in [5.41, 5.74) is -0.282. The second-order valence-electron chi connectivity index (χ2n) is 8.23. The van der Waals surface area contributed by atoms with E-state index in [1.165, 1.54) is 20.8 Å². The highest BCUT2D eigenvalue weighted by Crippen LogP contribution is 2.37. The minimum absolute atomic E-state index is 0.243. The fourth-order valence-electron chi connectivity index (χ4n) is 4.26. The highest BCUT2D eigenvalue weighted by Gasteiger charge is 2.38. The van der Waals surface area contributed by atoms with Gasteiger partial charge >= 0.3 is 17.5 Å². The van der Waals surface area contributed by atoms with Crippen LogP contribution in [0.3, 0.4) is 0 Å². The van der Waals surface area contributed by atoms with Crippen molar-refractivity contribution in [3.8, 4) is 0 Å². The summed E-state index contributed by atoms with van der Waals surface area (Å²) in [6.07, 6.45) is 2.59. The van der Waals surface area contributed by atoms with Crippen LogP contribution in [0.15, 0.2) is 9.59 Å². The average molecular weight is 435 g/mol. The van der Waals surface area contributed by atoms with E-state index in [9.17, 15) is 19.2 Å². The Hall–Kier alpha value is -2.46. The predicted molar refractivity (Wildman–Crippen MR) is 113 cm³/mol. The molecule has 1 saturated heterocycles. The molecule has 1 saturated carbocycles. The number of aromatic nitrogens is 2. The molecule has 0 unspecified atom stereocenters. The average Bonchev–Trinajstić information content (AvgIpc) is 3.00. The van der Waals surface area contributed by atoms with Crippen LogP contribution < -0.4 is 16.6 Å². The van der Waals surface area contributed by atoms with E-state index in [1.54, 1.807) is 11.7 Å². The van der Waals surface area contributed by atoms with Crippen molar-refractivity contribution < 1.29 is 14.3 Å². The van der Waals surface area contributed by atoms with Gasteiger partial charge in [0.15, 0.2) is 0 Å². The predicted octanol–water partition coefficient (Wildman–Crippen LogP) is 0.537. The number of methoxy groups -OCH3 is 1. The number of ether oxygens (including phenoxy) is 1. The number of hydrogen-bond donors (Lipinski definition) is 1. The number of fused-ring (bicyclic) bond motifs is 1. The van der Waals surface area contributed by atoms with Crippen molar-refractivity contribution in [2.24, 2.45) is 0 Å². The van der Waals surface area contributed by atoms with E-state index in [1.807, 2.05) is 13.8 Å². The number of aryl methyl sites for hydroxylation is 1. The Balaban J connectivity index is 1.87. The Morgan fingerprint density at radius 1 is 1.20 bits per heavy atom. The molecular formula is C20H26N4O5S. The van der Waals surface area contributed by atoms with Crippen molar-refractivity contribution in [3.05, 3.63) is 31.3 Å². The van der Waals surface area contributed by atoms with Gasteiger partial charge in [0.05, 0.1) is 25.1 Å². The largest absolute Gasteiger partial charge is 0.383 e. The molecule has 30 heavy (non-hydrogen) atoms. The van der Waals surface area contributed by atoms with Crippen LogP contribution >= 0.6 is 11.3 Å². The Kier molecular flexibility index (Phi) is 5.31. The van der Waals surface area contributed by atoms with Crippen molar-refractivity contribution in [1.82, 2.24) is 19.4 Å². The van der Waals surface area contributed by atoms with E-state index in [-0.39, 0.29) is 17.8 Å². The van der Waals surface area contributed by atoms with Gasteiger partial charge in [-0.15, -0.1) is 11.3 Å². The quantitative estimate of drug-likeness (QED) is 0.669. The lowest BCUT2D eigenvalue weighted by Gasteiger charge is -2.39. The lowest BCUT2D eigenvalue weighted by atomic mass is 9.78. The molecule has 0 aromatic carbocycles. The maximum absolute atomic E-state index is 13.4. The fraction of sp³-hybridized carbons (Fsp3) is 0.600. The molecule has 2 fully saturated rings. The van der Waals surface area contributed by atoms with Gasteiger partial charge in [0.1, 0.15) is 4.83 Å². The third kappa shape index (κ3) is 3.18. The van der Waals surface area contributed by atoms with Crippen molar-refractivity contribution in [2.75, 3.05) is 26.8 Å². The molecule has 162 valence electrons. The first kappa shape index (κ1) is 20.8. The smallest absolute Gasteiger partial charge is 0.332 e. The molecule has 2 amide bonds. The van der Waals surface area contributed by atoms with E-state index >= 15 is 0 Å². The van der Waals surface area contributed by atoms with E-state index < -0.39 is 17.4 Å². The highest BCUT2D eigenvalue weighted by atomic mass is 32.1. The number of rotatable bonds is 6. The SMILES string of the molecule is COCCn1c(=O)n(C2(C)CCC2)c(=O)c2c(C)c(CN3CCNC(=O)C3=O)sc21. The first-order valence-corrected chi connectivity index (χ1v) is 10.9. The Bertz CT molecular complexity index is 1140. The Morgan fingerprint density at radius 3 is 2.57 bits per heavy atom. The van der Waals surface area contributed by atoms with Crippen LogP contribution in [0.5, 0.6) is 0 Å². The van der Waals surface area contributed by atoms with Gasteiger partial charge in [0, 0.05) is 30.6 Å². The zero-order chi connectivity index (χ0) is 21.6. The number of nitrogens with one attached hydrogen (secondary N) is 1. The zero-order valence-electron chi connectivity index (χ0n) is 17.4. The number of hydrogen-bond acceptors (Lipinski definition) is 6. The van der Waals surface area contributed by atoms with Crippen LogP contribution in [0.25, 0.3) is 10.2 Å². The summed E-state index contributed by atoms with van der Waals surface area (Å²) in [6, 6.07) is 0. The molecule has 9 nitrogen and oxygen atoms in total. The van der Waals surface area contributed by atoms with Crippen molar-refractivity contribution in [3.63, 3.8) is 0 Å². The molecule has 1 aliphatic heterocycles. The summed E-state index contributed by atoms with van der Waals surface area (Å²) in [6.45, 7) is 5.55. The Morgan fingerprint density at radius 2 is 1.93 bits per heavy atom. The van der Waals surface area contributed by atoms with Crippen molar-refractivity contribution in [2.45, 2.75) is 51.7 Å². The van der Waals surface area contributed by atoms with Crippen molar-refractivity contribution >= 4 is 33.4 Å². The number of piperazine rings is 1. The van der Waals surface area contributed by atoms with Crippen LogP contribution in [0, 0.1) is 6.92 Å².